The Bertz CT molecular complexity index is 608. The van der Waals surface area contributed by atoms with Gasteiger partial charge in [-0.2, -0.15) is 0 Å². The monoisotopic (exact) mass is 283 g/mol. The number of nitrogens with zero attached hydrogens (tertiary/aromatic N) is 2. The summed E-state index contributed by atoms with van der Waals surface area (Å²) in [5.41, 5.74) is 2.78. The van der Waals surface area contributed by atoms with Gasteiger partial charge in [0.1, 0.15) is 5.82 Å². The molecule has 21 heavy (non-hydrogen) atoms. The predicted molar refractivity (Wildman–Crippen MR) is 87.0 cm³/mol. The fourth-order valence-corrected chi connectivity index (χ4v) is 2.11. The third-order valence-corrected chi connectivity index (χ3v) is 3.40. The molecule has 4 heteroatoms. The van der Waals surface area contributed by atoms with Gasteiger partial charge in [-0.25, -0.2) is 4.98 Å². The maximum Gasteiger partial charge on any atom is 0.258 e. The molecule has 1 aromatic carbocycles. The van der Waals surface area contributed by atoms with Crippen LogP contribution in [0.4, 0.5) is 11.5 Å². The molecular formula is C17H21N3O. The van der Waals surface area contributed by atoms with Gasteiger partial charge in [0, 0.05) is 31.0 Å². The highest BCUT2D eigenvalue weighted by molar-refractivity contribution is 6.06. The Kier molecular flexibility index (Phi) is 4.93. The van der Waals surface area contributed by atoms with Crippen molar-refractivity contribution >= 4 is 17.4 Å². The third-order valence-electron chi connectivity index (χ3n) is 3.40. The largest absolute Gasteiger partial charge is 0.370 e. The van der Waals surface area contributed by atoms with E-state index in [2.05, 4.69) is 29.4 Å². The topological polar surface area (TPSA) is 45.2 Å². The van der Waals surface area contributed by atoms with E-state index in [1.807, 2.05) is 19.1 Å². The average Bonchev–Trinajstić information content (AvgIpc) is 2.54. The molecule has 1 aromatic heterocycles. The number of hydrogen-bond donors (Lipinski definition) is 1. The first-order valence-corrected chi connectivity index (χ1v) is 7.22. The molecular weight excluding hydrogens is 262 g/mol. The average molecular weight is 283 g/mol. The number of amides is 1. The quantitative estimate of drug-likeness (QED) is 0.915. The van der Waals surface area contributed by atoms with Crippen LogP contribution in [-0.4, -0.2) is 24.5 Å². The molecule has 0 radical (unpaired) electrons. The Morgan fingerprint density at radius 1 is 1.19 bits per heavy atom. The zero-order valence-corrected chi connectivity index (χ0v) is 12.8. The highest BCUT2D eigenvalue weighted by atomic mass is 16.2. The first kappa shape index (κ1) is 15.0. The van der Waals surface area contributed by atoms with Crippen LogP contribution in [0.25, 0.3) is 0 Å². The first-order valence-electron chi connectivity index (χ1n) is 7.22. The first-order chi connectivity index (χ1) is 10.2. The van der Waals surface area contributed by atoms with Gasteiger partial charge >= 0.3 is 0 Å². The van der Waals surface area contributed by atoms with Crippen molar-refractivity contribution in [1.82, 2.24) is 4.98 Å². The lowest BCUT2D eigenvalue weighted by Crippen LogP contribution is -2.26. The van der Waals surface area contributed by atoms with Gasteiger partial charge in [-0.1, -0.05) is 19.1 Å². The van der Waals surface area contributed by atoms with Crippen molar-refractivity contribution in [2.45, 2.75) is 20.3 Å². The minimum absolute atomic E-state index is 0.0409. The molecule has 0 bridgehead atoms. The van der Waals surface area contributed by atoms with Gasteiger partial charge in [0.2, 0.25) is 0 Å². The molecule has 0 aliphatic heterocycles. The number of hydrogen-bond acceptors (Lipinski definition) is 3. The van der Waals surface area contributed by atoms with Gasteiger partial charge in [-0.05, 0) is 43.2 Å². The van der Waals surface area contributed by atoms with Gasteiger partial charge in [0.15, 0.2) is 0 Å². The molecule has 2 aromatic rings. The summed E-state index contributed by atoms with van der Waals surface area (Å²) in [4.78, 5) is 18.4. The summed E-state index contributed by atoms with van der Waals surface area (Å²) in [7, 11) is 1.79. The van der Waals surface area contributed by atoms with Crippen molar-refractivity contribution in [2.75, 3.05) is 23.8 Å². The fraction of sp³-hybridized carbons (Fsp3) is 0.294. The van der Waals surface area contributed by atoms with Crippen LogP contribution in [0.15, 0.2) is 42.6 Å². The van der Waals surface area contributed by atoms with Crippen LogP contribution >= 0.6 is 0 Å². The number of benzene rings is 1. The molecule has 1 heterocycles. The van der Waals surface area contributed by atoms with E-state index in [1.54, 1.807) is 30.3 Å². The van der Waals surface area contributed by atoms with E-state index < -0.39 is 0 Å². The molecule has 0 unspecified atom stereocenters. The number of aryl methyl sites for hydroxylation is 1. The second kappa shape index (κ2) is 6.88. The van der Waals surface area contributed by atoms with Crippen LogP contribution in [0, 0.1) is 0 Å². The van der Waals surface area contributed by atoms with Crippen molar-refractivity contribution in [3.8, 4) is 0 Å². The number of nitrogens with one attached hydrogen (secondary N) is 1. The molecule has 0 atom stereocenters. The third kappa shape index (κ3) is 3.60. The summed E-state index contributed by atoms with van der Waals surface area (Å²) in [6.45, 7) is 4.89. The van der Waals surface area contributed by atoms with Crippen molar-refractivity contribution in [2.24, 2.45) is 0 Å². The number of carbonyl (C=O) groups is 1. The minimum atomic E-state index is -0.0409. The summed E-state index contributed by atoms with van der Waals surface area (Å²) >= 11 is 0. The van der Waals surface area contributed by atoms with E-state index in [0.29, 0.717) is 5.56 Å². The maximum atomic E-state index is 12.5. The van der Waals surface area contributed by atoms with Crippen molar-refractivity contribution in [3.05, 3.63) is 53.7 Å². The Labute approximate surface area is 125 Å². The molecule has 0 aliphatic carbocycles. The van der Waals surface area contributed by atoms with E-state index in [4.69, 9.17) is 0 Å². The van der Waals surface area contributed by atoms with E-state index in [9.17, 15) is 4.79 Å². The normalized spacial score (nSPS) is 10.2. The van der Waals surface area contributed by atoms with Crippen LogP contribution in [-0.2, 0) is 6.42 Å². The molecule has 1 amide bonds. The van der Waals surface area contributed by atoms with E-state index >= 15 is 0 Å². The van der Waals surface area contributed by atoms with Crippen LogP contribution in [0.3, 0.4) is 0 Å². The highest BCUT2D eigenvalue weighted by Crippen LogP contribution is 2.17. The SMILES string of the molecule is CCNc1cc(C(=O)N(C)c2ccc(CC)cc2)ccn1. The Hall–Kier alpha value is -2.36. The lowest BCUT2D eigenvalue weighted by molar-refractivity contribution is 0.0993. The van der Waals surface area contributed by atoms with E-state index in [1.165, 1.54) is 5.56 Å². The van der Waals surface area contributed by atoms with Gasteiger partial charge in [0.05, 0.1) is 0 Å². The fourth-order valence-electron chi connectivity index (χ4n) is 2.11. The van der Waals surface area contributed by atoms with Crippen molar-refractivity contribution in [1.29, 1.82) is 0 Å². The van der Waals surface area contributed by atoms with Crippen molar-refractivity contribution in [3.63, 3.8) is 0 Å². The molecule has 4 nitrogen and oxygen atoms in total. The summed E-state index contributed by atoms with van der Waals surface area (Å²) in [6.07, 6.45) is 2.65. The van der Waals surface area contributed by atoms with Gasteiger partial charge in [-0.3, -0.25) is 4.79 Å². The second-order valence-corrected chi connectivity index (χ2v) is 4.84. The van der Waals surface area contributed by atoms with Crippen LogP contribution in [0.5, 0.6) is 0 Å². The van der Waals surface area contributed by atoms with Crippen LogP contribution < -0.4 is 10.2 Å². The van der Waals surface area contributed by atoms with Gasteiger partial charge in [0.25, 0.3) is 5.91 Å². The zero-order chi connectivity index (χ0) is 15.2. The van der Waals surface area contributed by atoms with Crippen LogP contribution in [0.2, 0.25) is 0 Å². The second-order valence-electron chi connectivity index (χ2n) is 4.84. The number of anilines is 2. The highest BCUT2D eigenvalue weighted by Gasteiger charge is 2.14. The number of aromatic nitrogens is 1. The summed E-state index contributed by atoms with van der Waals surface area (Å²) < 4.78 is 0. The standard InChI is InChI=1S/C17H21N3O/c1-4-13-6-8-15(9-7-13)20(3)17(21)14-10-11-19-16(12-14)18-5-2/h6-12H,4-5H2,1-3H3,(H,18,19). The molecule has 2 rings (SSSR count). The molecule has 0 fully saturated rings. The molecule has 110 valence electrons. The zero-order valence-electron chi connectivity index (χ0n) is 12.8. The number of pyridine rings is 1. The van der Waals surface area contributed by atoms with Gasteiger partial charge < -0.3 is 10.2 Å². The molecule has 0 aliphatic rings. The van der Waals surface area contributed by atoms with E-state index in [-0.39, 0.29) is 5.91 Å². The Morgan fingerprint density at radius 3 is 2.52 bits per heavy atom. The molecule has 0 saturated heterocycles. The summed E-state index contributed by atoms with van der Waals surface area (Å²) in [5, 5.41) is 3.11. The van der Waals surface area contributed by atoms with Crippen LogP contribution in [0.1, 0.15) is 29.8 Å². The number of rotatable bonds is 5. The maximum absolute atomic E-state index is 12.5. The van der Waals surface area contributed by atoms with Gasteiger partial charge in [-0.15, -0.1) is 0 Å². The smallest absolute Gasteiger partial charge is 0.258 e. The predicted octanol–water partition coefficient (Wildman–Crippen LogP) is 3.35. The summed E-state index contributed by atoms with van der Waals surface area (Å²) in [5.74, 6) is 0.680. The minimum Gasteiger partial charge on any atom is -0.370 e. The number of carbonyl (C=O) groups excluding carboxylic acids is 1. The van der Waals surface area contributed by atoms with E-state index in [0.717, 1.165) is 24.5 Å². The Balaban J connectivity index is 2.19. The molecule has 0 spiro atoms. The molecule has 0 saturated carbocycles. The lowest BCUT2D eigenvalue weighted by atomic mass is 10.1. The Morgan fingerprint density at radius 2 is 1.90 bits per heavy atom. The molecule has 1 N–H and O–H groups in total. The summed E-state index contributed by atoms with van der Waals surface area (Å²) in [6, 6.07) is 11.6. The lowest BCUT2D eigenvalue weighted by Gasteiger charge is -2.18. The van der Waals surface area contributed by atoms with Crippen molar-refractivity contribution < 1.29 is 4.79 Å².